The molecule has 2 aliphatic carbocycles. The maximum Gasteiger partial charge on any atom is 0.249 e. The highest BCUT2D eigenvalue weighted by molar-refractivity contribution is 6.02. The lowest BCUT2D eigenvalue weighted by atomic mass is 9.75. The molecule has 1 saturated heterocycles. The van der Waals surface area contributed by atoms with E-state index < -0.39 is 11.1 Å². The first kappa shape index (κ1) is 14.9. The Bertz CT molecular complexity index is 421. The summed E-state index contributed by atoms with van der Waals surface area (Å²) in [5, 5.41) is 3.19. The number of amides is 2. The van der Waals surface area contributed by atoms with Gasteiger partial charge in [0.2, 0.25) is 11.8 Å². The normalized spacial score (nSPS) is 27.4. The van der Waals surface area contributed by atoms with Crippen LogP contribution in [-0.2, 0) is 9.59 Å². The summed E-state index contributed by atoms with van der Waals surface area (Å²) in [7, 11) is 0. The molecule has 3 fully saturated rings. The fourth-order valence-corrected chi connectivity index (χ4v) is 4.55. The second-order valence-corrected chi connectivity index (χ2v) is 7.15. The minimum Gasteiger partial charge on any atom is -0.340 e. The van der Waals surface area contributed by atoms with Gasteiger partial charge in [-0.25, -0.2) is 0 Å². The van der Waals surface area contributed by atoms with Crippen molar-refractivity contribution >= 4 is 11.8 Å². The number of unbranched alkanes of at least 4 members (excludes halogenated alkanes) is 1. The number of rotatable bonds is 3. The van der Waals surface area contributed by atoms with Crippen molar-refractivity contribution in [1.82, 2.24) is 10.2 Å². The number of hydrogen-bond acceptors (Lipinski definition) is 2. The Balaban J connectivity index is 1.91. The van der Waals surface area contributed by atoms with Crippen molar-refractivity contribution < 1.29 is 9.59 Å². The van der Waals surface area contributed by atoms with Crippen LogP contribution in [0.3, 0.4) is 0 Å². The van der Waals surface area contributed by atoms with Gasteiger partial charge in [0.15, 0.2) is 0 Å². The zero-order valence-electron chi connectivity index (χ0n) is 13.2. The van der Waals surface area contributed by atoms with Crippen LogP contribution in [-0.4, -0.2) is 34.3 Å². The second-order valence-electron chi connectivity index (χ2n) is 7.15. The molecular weight excluding hydrogens is 264 g/mol. The molecule has 1 heterocycles. The van der Waals surface area contributed by atoms with Crippen molar-refractivity contribution in [3.8, 4) is 0 Å². The van der Waals surface area contributed by atoms with Gasteiger partial charge >= 0.3 is 0 Å². The van der Waals surface area contributed by atoms with E-state index in [0.717, 1.165) is 70.8 Å². The molecule has 0 radical (unpaired) electrons. The Labute approximate surface area is 127 Å². The number of piperazine rings is 1. The summed E-state index contributed by atoms with van der Waals surface area (Å²) in [5.41, 5.74) is -1.09. The molecule has 0 aromatic carbocycles. The van der Waals surface area contributed by atoms with Gasteiger partial charge in [0, 0.05) is 6.54 Å². The van der Waals surface area contributed by atoms with E-state index >= 15 is 0 Å². The van der Waals surface area contributed by atoms with Gasteiger partial charge in [-0.2, -0.15) is 0 Å². The first-order valence-corrected chi connectivity index (χ1v) is 8.79. The molecule has 1 N–H and O–H groups in total. The molecule has 3 aliphatic rings. The fourth-order valence-electron chi connectivity index (χ4n) is 4.55. The quantitative estimate of drug-likeness (QED) is 0.869. The maximum atomic E-state index is 13.2. The third-order valence-corrected chi connectivity index (χ3v) is 5.82. The van der Waals surface area contributed by atoms with Crippen LogP contribution in [0.5, 0.6) is 0 Å². The predicted molar refractivity (Wildman–Crippen MR) is 81.8 cm³/mol. The molecule has 21 heavy (non-hydrogen) atoms. The molecule has 2 saturated carbocycles. The monoisotopic (exact) mass is 292 g/mol. The van der Waals surface area contributed by atoms with Crippen molar-refractivity contribution in [3.05, 3.63) is 0 Å². The van der Waals surface area contributed by atoms with Crippen molar-refractivity contribution in [3.63, 3.8) is 0 Å². The minimum absolute atomic E-state index is 0.137. The van der Waals surface area contributed by atoms with Gasteiger partial charge in [0.1, 0.15) is 11.1 Å². The van der Waals surface area contributed by atoms with E-state index in [1.807, 2.05) is 4.90 Å². The molecule has 1 aliphatic heterocycles. The molecule has 4 heteroatoms. The lowest BCUT2D eigenvalue weighted by Gasteiger charge is -2.52. The molecular formula is C17H28N2O2. The van der Waals surface area contributed by atoms with Crippen molar-refractivity contribution in [2.45, 2.75) is 88.6 Å². The van der Waals surface area contributed by atoms with Crippen LogP contribution >= 0.6 is 0 Å². The van der Waals surface area contributed by atoms with Gasteiger partial charge in [0.05, 0.1) is 0 Å². The van der Waals surface area contributed by atoms with E-state index in [-0.39, 0.29) is 11.8 Å². The van der Waals surface area contributed by atoms with Crippen molar-refractivity contribution in [1.29, 1.82) is 0 Å². The number of hydrogen-bond donors (Lipinski definition) is 1. The lowest BCUT2D eigenvalue weighted by Crippen LogP contribution is -2.75. The first-order valence-electron chi connectivity index (χ1n) is 8.79. The number of nitrogens with zero attached hydrogens (tertiary/aromatic N) is 1. The highest BCUT2D eigenvalue weighted by atomic mass is 16.2. The Morgan fingerprint density at radius 2 is 1.62 bits per heavy atom. The number of carbonyl (C=O) groups excluding carboxylic acids is 2. The topological polar surface area (TPSA) is 49.4 Å². The van der Waals surface area contributed by atoms with Gasteiger partial charge in [-0.05, 0) is 32.1 Å². The number of carbonyl (C=O) groups is 2. The molecule has 118 valence electrons. The Kier molecular flexibility index (Phi) is 3.98. The summed E-state index contributed by atoms with van der Waals surface area (Å²) in [6.07, 6.45) is 10.9. The van der Waals surface area contributed by atoms with E-state index in [2.05, 4.69) is 12.2 Å². The zero-order valence-corrected chi connectivity index (χ0v) is 13.2. The SMILES string of the molecule is CCCCN1C(=O)C2(CCCCC2)NC(=O)C12CCCC2. The van der Waals surface area contributed by atoms with Crippen LogP contribution in [0, 0.1) is 0 Å². The summed E-state index contributed by atoms with van der Waals surface area (Å²) < 4.78 is 0. The fraction of sp³-hybridized carbons (Fsp3) is 0.882. The average Bonchev–Trinajstić information content (AvgIpc) is 2.98. The molecule has 0 bridgehead atoms. The highest BCUT2D eigenvalue weighted by Gasteiger charge is 2.58. The van der Waals surface area contributed by atoms with E-state index in [9.17, 15) is 9.59 Å². The number of nitrogens with one attached hydrogen (secondary N) is 1. The van der Waals surface area contributed by atoms with Crippen LogP contribution in [0.1, 0.15) is 77.6 Å². The molecule has 2 amide bonds. The summed E-state index contributed by atoms with van der Waals surface area (Å²) in [6.45, 7) is 2.90. The van der Waals surface area contributed by atoms with Crippen molar-refractivity contribution in [2.75, 3.05) is 6.54 Å². The zero-order chi connectivity index (χ0) is 14.9. The third-order valence-electron chi connectivity index (χ3n) is 5.82. The van der Waals surface area contributed by atoms with Crippen LogP contribution in [0.25, 0.3) is 0 Å². The van der Waals surface area contributed by atoms with Crippen LogP contribution in [0.4, 0.5) is 0 Å². The maximum absolute atomic E-state index is 13.2. The van der Waals surface area contributed by atoms with E-state index in [1.165, 1.54) is 6.42 Å². The van der Waals surface area contributed by atoms with Crippen LogP contribution in [0.2, 0.25) is 0 Å². The average molecular weight is 292 g/mol. The summed E-state index contributed by atoms with van der Waals surface area (Å²) in [5.74, 6) is 0.356. The molecule has 0 aromatic heterocycles. The molecule has 0 atom stereocenters. The molecule has 0 aromatic rings. The largest absolute Gasteiger partial charge is 0.340 e. The van der Waals surface area contributed by atoms with E-state index in [0.29, 0.717) is 0 Å². The summed E-state index contributed by atoms with van der Waals surface area (Å²) in [6, 6.07) is 0. The van der Waals surface area contributed by atoms with Gasteiger partial charge in [0.25, 0.3) is 0 Å². The predicted octanol–water partition coefficient (Wildman–Crippen LogP) is 2.76. The molecule has 4 nitrogen and oxygen atoms in total. The lowest BCUT2D eigenvalue weighted by molar-refractivity contribution is -0.164. The highest BCUT2D eigenvalue weighted by Crippen LogP contribution is 2.43. The Morgan fingerprint density at radius 3 is 2.24 bits per heavy atom. The van der Waals surface area contributed by atoms with E-state index in [1.54, 1.807) is 0 Å². The van der Waals surface area contributed by atoms with Crippen LogP contribution in [0.15, 0.2) is 0 Å². The third kappa shape index (κ3) is 2.27. The Hall–Kier alpha value is -1.06. The van der Waals surface area contributed by atoms with E-state index in [4.69, 9.17) is 0 Å². The first-order chi connectivity index (χ1) is 10.1. The standard InChI is InChI=1S/C17H28N2O2/c1-2-3-13-19-15(21)16(9-5-4-6-10-16)18-14(20)17(19)11-7-8-12-17/h2-13H2,1H3,(H,18,20). The summed E-state index contributed by atoms with van der Waals surface area (Å²) in [4.78, 5) is 28.1. The molecule has 0 unspecified atom stereocenters. The minimum atomic E-state index is -0.573. The van der Waals surface area contributed by atoms with Gasteiger partial charge in [-0.15, -0.1) is 0 Å². The van der Waals surface area contributed by atoms with Gasteiger partial charge < -0.3 is 10.2 Å². The van der Waals surface area contributed by atoms with Crippen molar-refractivity contribution in [2.24, 2.45) is 0 Å². The van der Waals surface area contributed by atoms with Gasteiger partial charge in [-0.1, -0.05) is 45.4 Å². The molecule has 2 spiro atoms. The van der Waals surface area contributed by atoms with Gasteiger partial charge in [-0.3, -0.25) is 9.59 Å². The molecule has 3 rings (SSSR count). The second kappa shape index (κ2) is 5.62. The Morgan fingerprint density at radius 1 is 1.00 bits per heavy atom. The van der Waals surface area contributed by atoms with Crippen LogP contribution < -0.4 is 5.32 Å². The summed E-state index contributed by atoms with van der Waals surface area (Å²) >= 11 is 0. The smallest absolute Gasteiger partial charge is 0.249 e.